The Hall–Kier alpha value is -0.656. The van der Waals surface area contributed by atoms with Gasteiger partial charge in [0.05, 0.1) is 34.0 Å². The van der Waals surface area contributed by atoms with E-state index in [0.717, 1.165) is 0 Å². The highest BCUT2D eigenvalue weighted by atomic mass is 28.4. The molecule has 16 heavy (non-hydrogen) atoms. The predicted molar refractivity (Wildman–Crippen MR) is 76.7 cm³/mol. The van der Waals surface area contributed by atoms with Crippen molar-refractivity contribution in [3.05, 3.63) is 40.4 Å². The first-order valence-corrected chi connectivity index (χ1v) is 12.6. The lowest BCUT2D eigenvalue weighted by Gasteiger charge is -2.38. The second-order valence-corrected chi connectivity index (χ2v) is 16.2. The van der Waals surface area contributed by atoms with Crippen LogP contribution < -0.4 is 0 Å². The van der Waals surface area contributed by atoms with Crippen molar-refractivity contribution < 1.29 is 0 Å². The van der Waals surface area contributed by atoms with Crippen LogP contribution in [0.4, 0.5) is 0 Å². The largest absolute Gasteiger partial charge is 0.241 e. The summed E-state index contributed by atoms with van der Waals surface area (Å²) in [5, 5.41) is 0. The van der Waals surface area contributed by atoms with Gasteiger partial charge in [0, 0.05) is 17.0 Å². The summed E-state index contributed by atoms with van der Waals surface area (Å²) in [6.45, 7) is 10.1. The highest BCUT2D eigenvalue weighted by Crippen LogP contribution is 2.39. The van der Waals surface area contributed by atoms with E-state index in [9.17, 15) is 0 Å². The molecule has 2 aliphatic rings. The molecule has 0 saturated carbocycles. The van der Waals surface area contributed by atoms with Crippen molar-refractivity contribution in [1.29, 1.82) is 0 Å². The van der Waals surface area contributed by atoms with Gasteiger partial charge in [0.15, 0.2) is 0 Å². The molecule has 1 aliphatic heterocycles. The molecule has 1 fully saturated rings. The molecule has 0 radical (unpaired) electrons. The third-order valence-electron chi connectivity index (χ3n) is 3.81. The molecule has 2 rings (SSSR count). The summed E-state index contributed by atoms with van der Waals surface area (Å²) in [5.41, 5.74) is 4.45. The molecule has 0 aromatic heterocycles. The molecule has 0 N–H and O–H groups in total. The smallest absolute Gasteiger partial charge is 0.0644 e. The molecule has 0 amide bonds. The summed E-state index contributed by atoms with van der Waals surface area (Å²) >= 11 is 0. The molecule has 0 unspecified atom stereocenters. The van der Waals surface area contributed by atoms with Crippen molar-refractivity contribution in [3.63, 3.8) is 0 Å². The van der Waals surface area contributed by atoms with Crippen LogP contribution >= 0.6 is 0 Å². The van der Waals surface area contributed by atoms with Crippen LogP contribution in [0.1, 0.15) is 6.42 Å². The summed E-state index contributed by atoms with van der Waals surface area (Å²) < 4.78 is 0. The molecule has 0 aromatic carbocycles. The van der Waals surface area contributed by atoms with E-state index in [1.807, 2.05) is 6.08 Å². The third kappa shape index (κ3) is 2.21. The van der Waals surface area contributed by atoms with E-state index in [0.29, 0.717) is 0 Å². The fraction of sp³-hybridized carbons (Fsp3) is 0.500. The Labute approximate surface area is 101 Å². The molecular weight excluding hydrogens is 224 g/mol. The molecule has 2 heteroatoms. The second kappa shape index (κ2) is 3.98. The minimum Gasteiger partial charge on any atom is -0.0644 e. The first-order chi connectivity index (χ1) is 7.42. The van der Waals surface area contributed by atoms with Gasteiger partial charge in [-0.05, 0) is 0 Å². The van der Waals surface area contributed by atoms with E-state index in [-0.39, 0.29) is 0 Å². The fourth-order valence-corrected chi connectivity index (χ4v) is 15.0. The van der Waals surface area contributed by atoms with Crippen LogP contribution in [0.2, 0.25) is 38.3 Å². The van der Waals surface area contributed by atoms with Crippen LogP contribution in [0.3, 0.4) is 0 Å². The van der Waals surface area contributed by atoms with Gasteiger partial charge < -0.3 is 0 Å². The third-order valence-corrected chi connectivity index (χ3v) is 14.0. The Morgan fingerprint density at radius 2 is 1.75 bits per heavy atom. The van der Waals surface area contributed by atoms with Gasteiger partial charge in [0.2, 0.25) is 5.57 Å². The summed E-state index contributed by atoms with van der Waals surface area (Å²) in [6, 6.07) is 2.90. The van der Waals surface area contributed by atoms with E-state index in [1.54, 1.807) is 4.82 Å². The Bertz CT molecular complexity index is 398. The van der Waals surface area contributed by atoms with E-state index >= 15 is 0 Å². The predicted octanol–water partition coefficient (Wildman–Crippen LogP) is 4.27. The second-order valence-electron chi connectivity index (χ2n) is 6.21. The lowest BCUT2D eigenvalue weighted by atomic mass is 10.3. The van der Waals surface area contributed by atoms with Crippen LogP contribution in [0, 0.1) is 6.08 Å². The molecule has 0 spiro atoms. The molecule has 1 saturated heterocycles. The standard InChI is InChI=1S/C14H21Si2/c1-15(2)10-7-11-16(3,4)14(15)12-13-8-5-6-9-13/h5-6,8H,7,10-11H2,1-4H3/q+1. The van der Waals surface area contributed by atoms with Crippen molar-refractivity contribution in [2.24, 2.45) is 0 Å². The summed E-state index contributed by atoms with van der Waals surface area (Å²) in [7, 11) is -2.33. The molecule has 0 atom stereocenters. The fourth-order valence-electron chi connectivity index (χ4n) is 3.02. The van der Waals surface area contributed by atoms with Gasteiger partial charge in [0.1, 0.15) is 0 Å². The van der Waals surface area contributed by atoms with Crippen LogP contribution in [-0.4, -0.2) is 16.1 Å². The number of hydrogen-bond acceptors (Lipinski definition) is 0. The Balaban J connectivity index is 2.41. The van der Waals surface area contributed by atoms with Crippen LogP contribution in [0.5, 0.6) is 0 Å². The number of allylic oxidation sites excluding steroid dienone is 4. The maximum Gasteiger partial charge on any atom is 0.241 e. The van der Waals surface area contributed by atoms with Crippen LogP contribution in [0.15, 0.2) is 34.4 Å². The van der Waals surface area contributed by atoms with Gasteiger partial charge in [-0.25, -0.2) is 0 Å². The topological polar surface area (TPSA) is 0 Å². The lowest BCUT2D eigenvalue weighted by Crippen LogP contribution is -2.48. The first-order valence-electron chi connectivity index (χ1n) is 6.20. The maximum atomic E-state index is 3.73. The first kappa shape index (κ1) is 11.8. The number of hydrogen-bond donors (Lipinski definition) is 0. The van der Waals surface area contributed by atoms with E-state index < -0.39 is 16.1 Å². The van der Waals surface area contributed by atoms with Crippen molar-refractivity contribution in [2.75, 3.05) is 0 Å². The zero-order valence-electron chi connectivity index (χ0n) is 10.9. The quantitative estimate of drug-likeness (QED) is 0.368. The Morgan fingerprint density at radius 3 is 2.25 bits per heavy atom. The van der Waals surface area contributed by atoms with E-state index in [1.165, 1.54) is 24.1 Å². The minimum absolute atomic E-state index is 1.16. The van der Waals surface area contributed by atoms with Gasteiger partial charge in [-0.3, -0.25) is 0 Å². The van der Waals surface area contributed by atoms with E-state index in [2.05, 4.69) is 50.1 Å². The Kier molecular flexibility index (Phi) is 2.94. The van der Waals surface area contributed by atoms with Crippen molar-refractivity contribution in [3.8, 4) is 0 Å². The van der Waals surface area contributed by atoms with Gasteiger partial charge in [-0.15, -0.1) is 0 Å². The maximum absolute atomic E-state index is 3.73. The van der Waals surface area contributed by atoms with Gasteiger partial charge in [-0.2, -0.15) is 0 Å². The van der Waals surface area contributed by atoms with Gasteiger partial charge >= 0.3 is 0 Å². The van der Waals surface area contributed by atoms with Crippen LogP contribution in [-0.2, 0) is 0 Å². The van der Waals surface area contributed by atoms with Crippen molar-refractivity contribution in [2.45, 2.75) is 44.7 Å². The number of rotatable bonds is 1. The minimum atomic E-state index is -1.16. The average Bonchev–Trinajstić information content (AvgIpc) is 2.63. The lowest BCUT2D eigenvalue weighted by molar-refractivity contribution is 0.996. The summed E-state index contributed by atoms with van der Waals surface area (Å²) in [5.74, 6) is 0. The van der Waals surface area contributed by atoms with E-state index in [4.69, 9.17) is 0 Å². The Morgan fingerprint density at radius 1 is 1.12 bits per heavy atom. The molecule has 1 heterocycles. The molecule has 0 aromatic rings. The highest BCUT2D eigenvalue weighted by molar-refractivity contribution is 7.06. The van der Waals surface area contributed by atoms with Crippen molar-refractivity contribution >= 4 is 16.1 Å². The SMILES string of the molecule is C[Si]1(C)CCC[Si](C)(C)C1=[C+]C1=C=CC=C1. The van der Waals surface area contributed by atoms with Gasteiger partial charge in [-0.1, -0.05) is 44.7 Å². The van der Waals surface area contributed by atoms with Gasteiger partial charge in [0.25, 0.3) is 0 Å². The summed E-state index contributed by atoms with van der Waals surface area (Å²) in [4.78, 5) is 1.74. The molecule has 1 aliphatic carbocycles. The molecule has 0 bridgehead atoms. The normalized spacial score (nSPS) is 25.5. The zero-order valence-corrected chi connectivity index (χ0v) is 12.9. The zero-order chi connectivity index (χ0) is 11.8. The molecule has 84 valence electrons. The monoisotopic (exact) mass is 245 g/mol. The highest BCUT2D eigenvalue weighted by Gasteiger charge is 2.44. The average molecular weight is 245 g/mol. The summed E-state index contributed by atoms with van der Waals surface area (Å²) in [6.07, 6.45) is 11.4. The molecular formula is C14H21Si2+. The van der Waals surface area contributed by atoms with Crippen LogP contribution in [0.25, 0.3) is 0 Å². The van der Waals surface area contributed by atoms with Crippen molar-refractivity contribution in [1.82, 2.24) is 0 Å². The molecule has 0 nitrogen and oxygen atoms in total.